The van der Waals surface area contributed by atoms with Crippen LogP contribution in [0.5, 0.6) is 0 Å². The third kappa shape index (κ3) is 18.4. The molecule has 30 nitrogen and oxygen atoms in total. The van der Waals surface area contributed by atoms with Crippen molar-refractivity contribution < 1.29 is 47.9 Å². The molecule has 112 heavy (non-hydrogen) atoms. The predicted octanol–water partition coefficient (Wildman–Crippen LogP) is 3.61. The fourth-order valence-electron chi connectivity index (χ4n) is 16.0. The maximum Gasteiger partial charge on any atom is 0.246 e. The molecule has 10 amide bonds. The van der Waals surface area contributed by atoms with E-state index in [4.69, 9.17) is 22.6 Å². The van der Waals surface area contributed by atoms with E-state index < -0.39 is 114 Å². The zero-order valence-corrected chi connectivity index (χ0v) is 62.3. The summed E-state index contributed by atoms with van der Waals surface area (Å²) < 4.78 is 0. The lowest BCUT2D eigenvalue weighted by Gasteiger charge is -2.32. The Morgan fingerprint density at radius 1 is 0.402 bits per heavy atom. The van der Waals surface area contributed by atoms with Gasteiger partial charge < -0.3 is 99.8 Å². The number of aromatic amines is 5. The molecule has 5 aromatic heterocycles. The van der Waals surface area contributed by atoms with E-state index in [1.165, 1.54) is 9.80 Å². The summed E-state index contributed by atoms with van der Waals surface area (Å²) in [6, 6.07) is 25.8. The molecule has 13 rings (SSSR count). The number of likely N-dealkylation sites (tertiary alicyclic amines) is 2. The monoisotopic (exact) mass is 1520 g/mol. The maximum absolute atomic E-state index is 15.8. The van der Waals surface area contributed by atoms with E-state index in [-0.39, 0.29) is 89.3 Å². The number of aromatic nitrogens is 5. The highest BCUT2D eigenvalue weighted by Gasteiger charge is 2.44. The molecule has 0 radical (unpaired) electrons. The number of carbonyl (C=O) groups is 10. The second-order valence-corrected chi connectivity index (χ2v) is 29.4. The van der Waals surface area contributed by atoms with Crippen LogP contribution in [0.25, 0.3) is 54.5 Å². The molecule has 10 aromatic rings. The lowest BCUT2D eigenvalue weighted by atomic mass is 10.00. The third-order valence-electron chi connectivity index (χ3n) is 21.9. The van der Waals surface area contributed by atoms with Crippen molar-refractivity contribution >= 4 is 120 Å². The summed E-state index contributed by atoms with van der Waals surface area (Å²) in [5.74, 6) is -6.75. The fourth-order valence-corrected chi connectivity index (χ4v) is 16.0. The van der Waals surface area contributed by atoms with E-state index >= 15 is 28.8 Å². The summed E-state index contributed by atoms with van der Waals surface area (Å²) in [5.41, 5.74) is 24.7. The van der Waals surface area contributed by atoms with Crippen LogP contribution < -0.4 is 65.1 Å². The van der Waals surface area contributed by atoms with Gasteiger partial charge in [0.05, 0.1) is 6.04 Å². The van der Waals surface area contributed by atoms with Crippen LogP contribution in [0.2, 0.25) is 0 Å². The van der Waals surface area contributed by atoms with Gasteiger partial charge in [-0.3, -0.25) is 53.4 Å². The average Bonchev–Trinajstić information content (AvgIpc) is 1.60. The SMILES string of the molecule is N=C(N)NCCC[C@H](NC(=O)[C@H](Cc1c[nH]c2ccccc12)NC(=O)[C@@H]1CCCN1C(=O)[C@H](Cc1c[nH]c2ccccc12)NC(=O)[C@H](Cc1c[nH]c2ccccc12)NC(=O)[C@@H]1CCCN1C(=O)[C@H](Cc1c[nH]c2ccccc12)NC(=O)[C@H](CCCCN)NC(=O)[C@H](Cc1c[nH]c2ccccc12)NC(=O)[C@@H]1CCCN1)C(N)=O. The van der Waals surface area contributed by atoms with Gasteiger partial charge in [-0.25, -0.2) is 0 Å². The van der Waals surface area contributed by atoms with Crippen molar-refractivity contribution in [3.8, 4) is 0 Å². The Kier molecular flexibility index (Phi) is 25.0. The van der Waals surface area contributed by atoms with Gasteiger partial charge in [0.1, 0.15) is 54.4 Å². The first-order chi connectivity index (χ1) is 54.3. The number of benzene rings is 5. The predicted molar refractivity (Wildman–Crippen MR) is 425 cm³/mol. The summed E-state index contributed by atoms with van der Waals surface area (Å²) in [6.45, 7) is 1.35. The highest BCUT2D eigenvalue weighted by atomic mass is 16.2. The molecule has 10 atom stereocenters. The molecule has 0 unspecified atom stereocenters. The lowest BCUT2D eigenvalue weighted by Crippen LogP contribution is -2.61. The van der Waals surface area contributed by atoms with Crippen molar-refractivity contribution in [3.05, 3.63) is 180 Å². The Bertz CT molecular complexity index is 5090. The molecule has 3 fully saturated rings. The fraction of sp³-hybridized carbons (Fsp3) is 0.378. The standard InChI is InChI=1S/C82H98N20O10/c83-32-12-11-27-64(95-76(107)65(96-73(104)63-29-14-33-87-63)37-47-42-89-57-22-6-1-17-52(47)57)74(105)99-68(40-50-45-92-60-25-9-4-20-55(50)60)80(111)101-35-15-31-71(101)79(110)98-67(39-49-44-91-59-24-8-3-19-54(49)59)77(108)100-69(41-51-46-93-61-26-10-5-21-56(51)61)81(112)102-36-16-30-70(102)78(109)97-66(38-48-43-90-58-23-7-2-18-53(48)58)75(106)94-62(72(84)103)28-13-34-88-82(85)86/h1-10,17-26,42-46,62-71,87,89-93H,11-16,27-41,83H2,(H2,84,103)(H,94,106)(H,95,107)(H,96,104)(H,97,109)(H,98,110)(H,99,105)(H,100,108)(H4,85,86,88)/t62-,63-,64-,65-,66-,67-,68-,69-,70-,71-/m0/s1. The van der Waals surface area contributed by atoms with Gasteiger partial charge in [0.15, 0.2) is 5.96 Å². The number of guanidine groups is 1. The van der Waals surface area contributed by atoms with Crippen molar-refractivity contribution in [2.75, 3.05) is 32.7 Å². The molecule has 30 heteroatoms. The zero-order chi connectivity index (χ0) is 78.4. The summed E-state index contributed by atoms with van der Waals surface area (Å²) in [4.78, 5) is 168. The largest absolute Gasteiger partial charge is 0.370 e. The van der Waals surface area contributed by atoms with E-state index in [2.05, 4.69) is 72.8 Å². The van der Waals surface area contributed by atoms with Crippen molar-refractivity contribution in [3.63, 3.8) is 0 Å². The molecule has 3 aliphatic heterocycles. The summed E-state index contributed by atoms with van der Waals surface area (Å²) in [5, 5.41) is 38.1. The highest BCUT2D eigenvalue weighted by molar-refractivity contribution is 6.01. The Labute approximate surface area is 645 Å². The highest BCUT2D eigenvalue weighted by Crippen LogP contribution is 2.29. The molecule has 21 N–H and O–H groups in total. The van der Waals surface area contributed by atoms with Crippen LogP contribution in [0.1, 0.15) is 98.4 Å². The number of carbonyl (C=O) groups excluding carboxylic acids is 10. The van der Waals surface area contributed by atoms with Gasteiger partial charge in [0.2, 0.25) is 59.1 Å². The van der Waals surface area contributed by atoms with Crippen LogP contribution in [-0.4, -0.2) is 193 Å². The Balaban J connectivity index is 0.771. The first kappa shape index (κ1) is 77.8. The number of H-pyrrole nitrogens is 5. The number of unbranched alkanes of at least 4 members (excludes halogenated alkanes) is 1. The van der Waals surface area contributed by atoms with Crippen LogP contribution in [0, 0.1) is 5.41 Å². The topological polar surface area (TPSA) is 466 Å². The number of nitrogens with two attached hydrogens (primary N) is 3. The number of nitrogens with one attached hydrogen (secondary N) is 15. The minimum atomic E-state index is -1.41. The number of hydrogen-bond donors (Lipinski definition) is 18. The first-order valence-corrected chi connectivity index (χ1v) is 38.6. The number of primary amides is 1. The van der Waals surface area contributed by atoms with Crippen molar-refractivity contribution in [2.45, 2.75) is 163 Å². The lowest BCUT2D eigenvalue weighted by molar-refractivity contribution is -0.143. The van der Waals surface area contributed by atoms with Crippen LogP contribution >= 0.6 is 0 Å². The smallest absolute Gasteiger partial charge is 0.246 e. The molecular formula is C82H98N20O10. The average molecular weight is 1520 g/mol. The number of amides is 10. The first-order valence-electron chi connectivity index (χ1n) is 38.6. The molecule has 3 aliphatic rings. The molecule has 0 aliphatic carbocycles. The summed E-state index contributed by atoms with van der Waals surface area (Å²) in [7, 11) is 0. The molecule has 5 aromatic carbocycles. The number of rotatable bonds is 35. The van der Waals surface area contributed by atoms with Gasteiger partial charge in [-0.05, 0) is 142 Å². The third-order valence-corrected chi connectivity index (χ3v) is 21.9. The van der Waals surface area contributed by atoms with Crippen LogP contribution in [0.15, 0.2) is 152 Å². The molecule has 8 heterocycles. The van der Waals surface area contributed by atoms with E-state index in [1.54, 1.807) is 31.0 Å². The van der Waals surface area contributed by atoms with Gasteiger partial charge in [-0.15, -0.1) is 0 Å². The summed E-state index contributed by atoms with van der Waals surface area (Å²) >= 11 is 0. The Morgan fingerprint density at radius 3 is 1.10 bits per heavy atom. The second-order valence-electron chi connectivity index (χ2n) is 29.4. The molecule has 0 saturated carbocycles. The number of fused-ring (bicyclic) bond motifs is 5. The molecule has 586 valence electrons. The van der Waals surface area contributed by atoms with E-state index in [0.717, 1.165) is 66.5 Å². The van der Waals surface area contributed by atoms with E-state index in [9.17, 15) is 19.2 Å². The van der Waals surface area contributed by atoms with Crippen molar-refractivity contribution in [1.29, 1.82) is 5.41 Å². The van der Waals surface area contributed by atoms with Crippen LogP contribution in [0.4, 0.5) is 0 Å². The normalized spacial score (nSPS) is 17.5. The van der Waals surface area contributed by atoms with Gasteiger partial charge in [0, 0.05) is 137 Å². The maximum atomic E-state index is 15.8. The van der Waals surface area contributed by atoms with Crippen LogP contribution in [0.3, 0.4) is 0 Å². The summed E-state index contributed by atoms with van der Waals surface area (Å²) in [6.07, 6.45) is 12.5. The van der Waals surface area contributed by atoms with E-state index in [1.807, 2.05) is 121 Å². The number of para-hydroxylation sites is 5. The van der Waals surface area contributed by atoms with Crippen molar-refractivity contribution in [1.82, 2.24) is 82.6 Å². The van der Waals surface area contributed by atoms with Crippen LogP contribution in [-0.2, 0) is 80.0 Å². The number of nitrogens with zero attached hydrogens (tertiary/aromatic N) is 2. The van der Waals surface area contributed by atoms with Gasteiger partial charge in [-0.2, -0.15) is 0 Å². The van der Waals surface area contributed by atoms with E-state index in [0.29, 0.717) is 73.9 Å². The number of hydrogen-bond acceptors (Lipinski definition) is 13. The molecule has 3 saturated heterocycles. The quantitative estimate of drug-likeness (QED) is 0.0153. The minimum Gasteiger partial charge on any atom is -0.370 e. The van der Waals surface area contributed by atoms with Gasteiger partial charge >= 0.3 is 0 Å². The van der Waals surface area contributed by atoms with Gasteiger partial charge in [-0.1, -0.05) is 91.0 Å². The zero-order valence-electron chi connectivity index (χ0n) is 62.3. The van der Waals surface area contributed by atoms with Crippen molar-refractivity contribution in [2.24, 2.45) is 17.2 Å². The molecule has 0 bridgehead atoms. The minimum absolute atomic E-state index is 0.0356. The Morgan fingerprint density at radius 2 is 0.741 bits per heavy atom. The Hall–Kier alpha value is -12.3. The molecular weight excluding hydrogens is 1430 g/mol. The second kappa shape index (κ2) is 36.0. The molecule has 0 spiro atoms. The van der Waals surface area contributed by atoms with Gasteiger partial charge in [0.25, 0.3) is 0 Å².